The molecule has 0 aliphatic carbocycles. The monoisotopic (exact) mass is 251 g/mol. The van der Waals surface area contributed by atoms with E-state index in [1.165, 1.54) is 17.7 Å². The molecule has 0 radical (unpaired) electrons. The van der Waals surface area contributed by atoms with Gasteiger partial charge in [0.15, 0.2) is 0 Å². The van der Waals surface area contributed by atoms with Crippen LogP contribution >= 0.6 is 0 Å². The Bertz CT molecular complexity index is 674. The van der Waals surface area contributed by atoms with Crippen LogP contribution in [0.1, 0.15) is 31.7 Å². The number of H-pyrrole nitrogens is 1. The molecular formula is C16H17N3. The molecule has 0 fully saturated rings. The van der Waals surface area contributed by atoms with Gasteiger partial charge < -0.3 is 0 Å². The van der Waals surface area contributed by atoms with E-state index in [0.29, 0.717) is 0 Å². The fraction of sp³-hybridized carbons (Fsp3) is 0.250. The highest BCUT2D eigenvalue weighted by molar-refractivity contribution is 5.87. The van der Waals surface area contributed by atoms with Gasteiger partial charge in [-0.05, 0) is 43.4 Å². The summed E-state index contributed by atoms with van der Waals surface area (Å²) in [5.74, 6) is 0. The molecule has 0 saturated heterocycles. The van der Waals surface area contributed by atoms with Gasteiger partial charge in [0.1, 0.15) is 0 Å². The molecule has 1 N–H and O–H groups in total. The molecule has 1 aromatic heterocycles. The third-order valence-corrected chi connectivity index (χ3v) is 3.41. The SMILES string of the molecule is CC1=N/C=C(c2ccc3cn[nH]c3c2)\C=C/CCC1. The van der Waals surface area contributed by atoms with Crippen LogP contribution in [-0.2, 0) is 0 Å². The Kier molecular flexibility index (Phi) is 3.27. The normalized spacial score (nSPS) is 20.9. The first-order chi connectivity index (χ1) is 9.33. The van der Waals surface area contributed by atoms with Crippen LogP contribution in [0.4, 0.5) is 0 Å². The number of aromatic nitrogens is 2. The quantitative estimate of drug-likeness (QED) is 0.814. The summed E-state index contributed by atoms with van der Waals surface area (Å²) in [6.45, 7) is 2.09. The number of fused-ring (bicyclic) bond motifs is 1. The maximum atomic E-state index is 4.55. The van der Waals surface area contributed by atoms with Gasteiger partial charge in [0.25, 0.3) is 0 Å². The molecule has 19 heavy (non-hydrogen) atoms. The molecule has 1 aromatic carbocycles. The zero-order valence-corrected chi connectivity index (χ0v) is 11.1. The second-order valence-corrected chi connectivity index (χ2v) is 4.92. The van der Waals surface area contributed by atoms with E-state index in [9.17, 15) is 0 Å². The van der Waals surface area contributed by atoms with E-state index in [-0.39, 0.29) is 0 Å². The minimum absolute atomic E-state index is 1.06. The molecule has 1 aliphatic heterocycles. The Hall–Kier alpha value is -2.16. The molecule has 96 valence electrons. The molecule has 0 atom stereocenters. The highest BCUT2D eigenvalue weighted by Gasteiger charge is 2.03. The first-order valence-corrected chi connectivity index (χ1v) is 6.66. The fourth-order valence-corrected chi connectivity index (χ4v) is 2.26. The second-order valence-electron chi connectivity index (χ2n) is 4.92. The van der Waals surface area contributed by atoms with Crippen LogP contribution in [0, 0.1) is 0 Å². The molecule has 0 saturated carbocycles. The lowest BCUT2D eigenvalue weighted by Crippen LogP contribution is -1.88. The zero-order valence-electron chi connectivity index (χ0n) is 11.1. The summed E-state index contributed by atoms with van der Waals surface area (Å²) in [6.07, 6.45) is 11.6. The van der Waals surface area contributed by atoms with Crippen LogP contribution in [0.15, 0.2) is 47.7 Å². The van der Waals surface area contributed by atoms with Crippen LogP contribution in [0.3, 0.4) is 0 Å². The van der Waals surface area contributed by atoms with E-state index < -0.39 is 0 Å². The summed E-state index contributed by atoms with van der Waals surface area (Å²) in [5.41, 5.74) is 4.58. The predicted molar refractivity (Wildman–Crippen MR) is 80.2 cm³/mol. The maximum absolute atomic E-state index is 4.55. The lowest BCUT2D eigenvalue weighted by atomic mass is 10.0. The van der Waals surface area contributed by atoms with Gasteiger partial charge in [-0.3, -0.25) is 10.1 Å². The van der Waals surface area contributed by atoms with E-state index in [1.54, 1.807) is 0 Å². The molecule has 0 bridgehead atoms. The highest BCUT2D eigenvalue weighted by Crippen LogP contribution is 2.22. The van der Waals surface area contributed by atoms with E-state index in [1.807, 2.05) is 12.4 Å². The Labute approximate surface area is 112 Å². The van der Waals surface area contributed by atoms with Gasteiger partial charge in [-0.15, -0.1) is 0 Å². The molecule has 2 aromatic rings. The van der Waals surface area contributed by atoms with Crippen LogP contribution in [0.5, 0.6) is 0 Å². The Morgan fingerprint density at radius 2 is 2.21 bits per heavy atom. The van der Waals surface area contributed by atoms with Gasteiger partial charge in [0.05, 0.1) is 11.7 Å². The van der Waals surface area contributed by atoms with Crippen molar-refractivity contribution in [3.8, 4) is 0 Å². The standard InChI is InChI=1S/C16H17N3/c1-12-5-3-2-4-6-14(10-17-12)13-7-8-15-11-18-19-16(15)9-13/h4,6-11H,2-3,5H2,1H3,(H,18,19)/b6-4-,14-10+,17-12?. The first-order valence-electron chi connectivity index (χ1n) is 6.66. The lowest BCUT2D eigenvalue weighted by molar-refractivity contribution is 0.892. The van der Waals surface area contributed by atoms with Crippen molar-refractivity contribution in [2.75, 3.05) is 0 Å². The fourth-order valence-electron chi connectivity index (χ4n) is 2.26. The number of nitrogens with one attached hydrogen (secondary N) is 1. The van der Waals surface area contributed by atoms with Gasteiger partial charge in [-0.25, -0.2) is 0 Å². The number of rotatable bonds is 1. The van der Waals surface area contributed by atoms with Crippen molar-refractivity contribution < 1.29 is 0 Å². The molecule has 3 rings (SSSR count). The highest BCUT2D eigenvalue weighted by atomic mass is 15.1. The van der Waals surface area contributed by atoms with Gasteiger partial charge >= 0.3 is 0 Å². The van der Waals surface area contributed by atoms with Crippen molar-refractivity contribution >= 4 is 22.2 Å². The van der Waals surface area contributed by atoms with Crippen LogP contribution in [0.25, 0.3) is 16.5 Å². The summed E-state index contributed by atoms with van der Waals surface area (Å²) in [7, 11) is 0. The molecule has 2 heterocycles. The Morgan fingerprint density at radius 3 is 3.16 bits per heavy atom. The number of aliphatic imine (C=N–C) groups is 1. The van der Waals surface area contributed by atoms with Crippen molar-refractivity contribution in [2.24, 2.45) is 4.99 Å². The van der Waals surface area contributed by atoms with Crippen LogP contribution < -0.4 is 0 Å². The van der Waals surface area contributed by atoms with Crippen molar-refractivity contribution in [2.45, 2.75) is 26.2 Å². The summed E-state index contributed by atoms with van der Waals surface area (Å²) in [6, 6.07) is 6.34. The van der Waals surface area contributed by atoms with Gasteiger partial charge in [0.2, 0.25) is 0 Å². The zero-order chi connectivity index (χ0) is 13.1. The maximum Gasteiger partial charge on any atom is 0.0656 e. The van der Waals surface area contributed by atoms with E-state index in [4.69, 9.17) is 0 Å². The molecule has 0 amide bonds. The summed E-state index contributed by atoms with van der Waals surface area (Å²) in [4.78, 5) is 4.55. The van der Waals surface area contributed by atoms with E-state index in [0.717, 1.165) is 29.3 Å². The van der Waals surface area contributed by atoms with Crippen LogP contribution in [-0.4, -0.2) is 15.9 Å². The van der Waals surface area contributed by atoms with Crippen molar-refractivity contribution in [1.29, 1.82) is 0 Å². The first kappa shape index (κ1) is 11.9. The summed E-state index contributed by atoms with van der Waals surface area (Å²) < 4.78 is 0. The topological polar surface area (TPSA) is 41.0 Å². The second kappa shape index (κ2) is 5.22. The number of aromatic amines is 1. The molecule has 0 spiro atoms. The number of benzene rings is 1. The average Bonchev–Trinajstić information content (AvgIpc) is 2.90. The largest absolute Gasteiger partial charge is 0.278 e. The summed E-state index contributed by atoms with van der Waals surface area (Å²) >= 11 is 0. The summed E-state index contributed by atoms with van der Waals surface area (Å²) in [5, 5.41) is 8.20. The number of hydrogen-bond acceptors (Lipinski definition) is 2. The molecule has 3 heteroatoms. The minimum Gasteiger partial charge on any atom is -0.278 e. The number of allylic oxidation sites excluding steroid dienone is 3. The Balaban J connectivity index is 2.04. The lowest BCUT2D eigenvalue weighted by Gasteiger charge is -2.02. The van der Waals surface area contributed by atoms with Gasteiger partial charge in [-0.1, -0.05) is 24.3 Å². The van der Waals surface area contributed by atoms with Gasteiger partial charge in [-0.2, -0.15) is 5.10 Å². The number of nitrogens with zero attached hydrogens (tertiary/aromatic N) is 2. The van der Waals surface area contributed by atoms with Crippen LogP contribution in [0.2, 0.25) is 0 Å². The van der Waals surface area contributed by atoms with Crippen molar-refractivity contribution in [1.82, 2.24) is 10.2 Å². The molecule has 0 unspecified atom stereocenters. The smallest absolute Gasteiger partial charge is 0.0656 e. The minimum atomic E-state index is 1.06. The average molecular weight is 251 g/mol. The predicted octanol–water partition coefficient (Wildman–Crippen LogP) is 4.10. The molecule has 1 aliphatic rings. The number of hydrogen-bond donors (Lipinski definition) is 1. The van der Waals surface area contributed by atoms with E-state index in [2.05, 4.69) is 52.5 Å². The van der Waals surface area contributed by atoms with Gasteiger partial charge in [0, 0.05) is 17.3 Å². The molecular weight excluding hydrogens is 234 g/mol. The van der Waals surface area contributed by atoms with E-state index >= 15 is 0 Å². The third-order valence-electron chi connectivity index (χ3n) is 3.41. The van der Waals surface area contributed by atoms with Crippen molar-refractivity contribution in [3.05, 3.63) is 48.3 Å². The Morgan fingerprint density at radius 1 is 1.26 bits per heavy atom. The third kappa shape index (κ3) is 2.65. The molecule has 3 nitrogen and oxygen atoms in total. The van der Waals surface area contributed by atoms with Crippen molar-refractivity contribution in [3.63, 3.8) is 0 Å².